The van der Waals surface area contributed by atoms with Crippen LogP contribution < -0.4 is 0 Å². The predicted molar refractivity (Wildman–Crippen MR) is 68.1 cm³/mol. The van der Waals surface area contributed by atoms with Crippen molar-refractivity contribution in [2.24, 2.45) is 5.89 Å². The summed E-state index contributed by atoms with van der Waals surface area (Å²) < 4.78 is 8.46. The van der Waals surface area contributed by atoms with Crippen molar-refractivity contribution in [2.45, 2.75) is 12.8 Å². The second-order valence-corrected chi connectivity index (χ2v) is 4.43. The third-order valence-electron chi connectivity index (χ3n) is 3.25. The van der Waals surface area contributed by atoms with E-state index in [1.54, 1.807) is 0 Å². The maximum Gasteiger partial charge on any atom is 0.166 e. The highest BCUT2D eigenvalue weighted by Gasteiger charge is 2.29. The van der Waals surface area contributed by atoms with Crippen LogP contribution in [0, 0.1) is 5.89 Å². The van der Waals surface area contributed by atoms with Gasteiger partial charge in [-0.3, -0.25) is 4.79 Å². The summed E-state index contributed by atoms with van der Waals surface area (Å²) in [5.41, 5.74) is 2.78. The summed E-state index contributed by atoms with van der Waals surface area (Å²) in [6, 6.07) is 17.4. The van der Waals surface area contributed by atoms with Gasteiger partial charge >= 0.3 is 0 Å². The second kappa shape index (κ2) is 4.17. The molecule has 0 fully saturated rings. The Morgan fingerprint density at radius 2 is 1.76 bits per heavy atom. The molecule has 1 nitrogen and oxygen atoms in total. The summed E-state index contributed by atoms with van der Waals surface area (Å²) >= 11 is 0. The smallest absolute Gasteiger partial charge is 0.166 e. The van der Waals surface area contributed by atoms with Crippen molar-refractivity contribution in [1.29, 1.82) is 0 Å². The third kappa shape index (κ3) is 1.89. The Balaban J connectivity index is 1.93. The molecular weight excluding hydrogens is 208 g/mol. The fourth-order valence-electron chi connectivity index (χ4n) is 2.38. The number of ketones is 1. The number of rotatable bonds is 2. The van der Waals surface area contributed by atoms with Crippen LogP contribution in [0.5, 0.6) is 0 Å². The minimum absolute atomic E-state index is 0.0399. The quantitative estimate of drug-likeness (QED) is 0.763. The molecule has 2 aromatic carbocycles. The molecule has 84 valence electrons. The van der Waals surface area contributed by atoms with E-state index < -0.39 is 5.89 Å². The van der Waals surface area contributed by atoms with E-state index >= 15 is 0 Å². The lowest BCUT2D eigenvalue weighted by Gasteiger charge is -2.07. The standard InChI is InChI=1S/C16H14O/c17-16-14(10-12-6-2-1-3-7-12)11-13-8-4-5-9-15(13)16/h1-9,14H,10-11H2/i14D. The van der Waals surface area contributed by atoms with E-state index in [1.807, 2.05) is 54.6 Å². The molecule has 17 heavy (non-hydrogen) atoms. The average Bonchev–Trinajstić information content (AvgIpc) is 2.63. The van der Waals surface area contributed by atoms with Crippen molar-refractivity contribution in [3.05, 3.63) is 71.3 Å². The lowest BCUT2D eigenvalue weighted by molar-refractivity contribution is 0.0936. The summed E-state index contributed by atoms with van der Waals surface area (Å²) in [5, 5.41) is 0. The second-order valence-electron chi connectivity index (χ2n) is 4.43. The van der Waals surface area contributed by atoms with E-state index in [9.17, 15) is 4.79 Å². The van der Waals surface area contributed by atoms with Gasteiger partial charge in [-0.05, 0) is 24.0 Å². The molecule has 0 aliphatic heterocycles. The first kappa shape index (κ1) is 9.17. The Morgan fingerprint density at radius 3 is 2.53 bits per heavy atom. The van der Waals surface area contributed by atoms with Gasteiger partial charge in [0.1, 0.15) is 0 Å². The number of Topliss-reactive ketones (excluding diaryl/α,β-unsaturated/α-hetero) is 1. The summed E-state index contributed by atoms with van der Waals surface area (Å²) in [6.45, 7) is 0. The SMILES string of the molecule is [2H]C1(Cc2ccccc2)Cc2ccccc2C1=O. The van der Waals surface area contributed by atoms with Gasteiger partial charge in [0.15, 0.2) is 5.78 Å². The molecule has 0 heterocycles. The van der Waals surface area contributed by atoms with Gasteiger partial charge in [0, 0.05) is 12.8 Å². The van der Waals surface area contributed by atoms with Crippen molar-refractivity contribution < 1.29 is 6.17 Å². The number of fused-ring (bicyclic) bond motifs is 1. The number of carbonyl (C=O) groups is 1. The minimum atomic E-state index is -1.02. The Morgan fingerprint density at radius 1 is 1.06 bits per heavy atom. The van der Waals surface area contributed by atoms with Gasteiger partial charge in [-0.25, -0.2) is 0 Å². The molecule has 0 N–H and O–H groups in total. The Labute approximate surface area is 103 Å². The lowest BCUT2D eigenvalue weighted by atomic mass is 9.96. The highest BCUT2D eigenvalue weighted by atomic mass is 16.1. The number of hydrogen-bond acceptors (Lipinski definition) is 1. The van der Waals surface area contributed by atoms with E-state index in [1.165, 1.54) is 0 Å². The third-order valence-corrected chi connectivity index (χ3v) is 3.25. The fourth-order valence-corrected chi connectivity index (χ4v) is 2.38. The molecule has 0 bridgehead atoms. The van der Waals surface area contributed by atoms with Gasteiger partial charge in [-0.1, -0.05) is 54.6 Å². The number of benzene rings is 2. The van der Waals surface area contributed by atoms with Crippen molar-refractivity contribution >= 4 is 5.78 Å². The summed E-state index contributed by atoms with van der Waals surface area (Å²) in [7, 11) is 0. The van der Waals surface area contributed by atoms with E-state index in [2.05, 4.69) is 0 Å². The zero-order valence-corrected chi connectivity index (χ0v) is 9.52. The summed E-state index contributed by atoms with van der Waals surface area (Å²) in [6.07, 6.45) is 1.01. The van der Waals surface area contributed by atoms with Crippen LogP contribution >= 0.6 is 0 Å². The number of hydrogen-bond donors (Lipinski definition) is 0. The van der Waals surface area contributed by atoms with Crippen LogP contribution in [0.4, 0.5) is 0 Å². The van der Waals surface area contributed by atoms with Crippen molar-refractivity contribution in [3.63, 3.8) is 0 Å². The summed E-state index contributed by atoms with van der Waals surface area (Å²) in [4.78, 5) is 12.3. The molecule has 1 aliphatic rings. The van der Waals surface area contributed by atoms with Gasteiger partial charge in [-0.2, -0.15) is 0 Å². The van der Waals surface area contributed by atoms with Gasteiger partial charge in [-0.15, -0.1) is 0 Å². The maximum absolute atomic E-state index is 12.3. The molecule has 0 spiro atoms. The highest BCUT2D eigenvalue weighted by molar-refractivity contribution is 6.02. The first-order chi connectivity index (χ1) is 8.69. The van der Waals surface area contributed by atoms with E-state index in [0.29, 0.717) is 12.8 Å². The fraction of sp³-hybridized carbons (Fsp3) is 0.188. The van der Waals surface area contributed by atoms with Crippen molar-refractivity contribution in [3.8, 4) is 0 Å². The van der Waals surface area contributed by atoms with Crippen LogP contribution in [0.3, 0.4) is 0 Å². The van der Waals surface area contributed by atoms with Crippen molar-refractivity contribution in [2.75, 3.05) is 0 Å². The molecule has 0 amide bonds. The molecule has 2 aromatic rings. The van der Waals surface area contributed by atoms with Crippen LogP contribution in [0.15, 0.2) is 54.6 Å². The Hall–Kier alpha value is -1.89. The molecule has 1 atom stereocenters. The van der Waals surface area contributed by atoms with Crippen LogP contribution in [-0.4, -0.2) is 5.78 Å². The predicted octanol–water partition coefficient (Wildman–Crippen LogP) is 3.28. The van der Waals surface area contributed by atoms with E-state index in [-0.39, 0.29) is 5.78 Å². The van der Waals surface area contributed by atoms with Crippen LogP contribution in [-0.2, 0) is 12.8 Å². The van der Waals surface area contributed by atoms with Gasteiger partial charge in [0.25, 0.3) is 0 Å². The largest absolute Gasteiger partial charge is 0.294 e. The maximum atomic E-state index is 12.3. The van der Waals surface area contributed by atoms with E-state index in [4.69, 9.17) is 1.37 Å². The van der Waals surface area contributed by atoms with Gasteiger partial charge < -0.3 is 0 Å². The van der Waals surface area contributed by atoms with Crippen LogP contribution in [0.25, 0.3) is 0 Å². The Kier molecular flexibility index (Phi) is 2.25. The first-order valence-electron chi connectivity index (χ1n) is 6.36. The normalized spacial score (nSPS) is 23.3. The van der Waals surface area contributed by atoms with Crippen LogP contribution in [0.1, 0.15) is 22.9 Å². The topological polar surface area (TPSA) is 17.1 Å². The molecule has 1 aliphatic carbocycles. The van der Waals surface area contributed by atoms with Gasteiger partial charge in [0.2, 0.25) is 0 Å². The molecule has 1 unspecified atom stereocenters. The Bertz CT molecular complexity index is 591. The molecule has 0 saturated carbocycles. The highest BCUT2D eigenvalue weighted by Crippen LogP contribution is 2.28. The lowest BCUT2D eigenvalue weighted by Crippen LogP contribution is -2.11. The first-order valence-corrected chi connectivity index (χ1v) is 5.86. The van der Waals surface area contributed by atoms with Gasteiger partial charge in [0.05, 0.1) is 0 Å². The zero-order valence-electron chi connectivity index (χ0n) is 10.5. The monoisotopic (exact) mass is 223 g/mol. The minimum Gasteiger partial charge on any atom is -0.294 e. The molecule has 0 radical (unpaired) electrons. The van der Waals surface area contributed by atoms with E-state index in [0.717, 1.165) is 16.7 Å². The molecule has 0 aromatic heterocycles. The molecule has 3 rings (SSSR count). The molecule has 1 heteroatoms. The molecular formula is C16H14O. The average molecular weight is 223 g/mol. The summed E-state index contributed by atoms with van der Waals surface area (Å²) in [5.74, 6) is -1.06. The number of carbonyl (C=O) groups excluding carboxylic acids is 1. The zero-order chi connectivity index (χ0) is 12.6. The van der Waals surface area contributed by atoms with Crippen LogP contribution in [0.2, 0.25) is 0 Å². The molecule has 0 saturated heterocycles. The van der Waals surface area contributed by atoms with Crippen molar-refractivity contribution in [1.82, 2.24) is 0 Å².